The quantitative estimate of drug-likeness (QED) is 0.177. The van der Waals surface area contributed by atoms with Crippen LogP contribution < -0.4 is 0 Å². The molecule has 0 fully saturated rings. The maximum Gasteiger partial charge on any atom is -0.00263 e. The summed E-state index contributed by atoms with van der Waals surface area (Å²) >= 11 is 0. The van der Waals surface area contributed by atoms with E-state index in [1.807, 2.05) is 0 Å². The second kappa shape index (κ2) is 11.1. The fourth-order valence-corrected chi connectivity index (χ4v) is 7.31. The largest absolute Gasteiger partial charge is 0.0616 e. The average molecular weight is 597 g/mol. The van der Waals surface area contributed by atoms with E-state index in [1.54, 1.807) is 0 Å². The maximum atomic E-state index is 2.36. The Kier molecular flexibility index (Phi) is 6.47. The van der Waals surface area contributed by atoms with E-state index in [0.717, 1.165) is 0 Å². The third-order valence-corrected chi connectivity index (χ3v) is 9.69. The summed E-state index contributed by atoms with van der Waals surface area (Å²) in [5.41, 5.74) is 11.3. The van der Waals surface area contributed by atoms with Crippen molar-refractivity contribution in [3.05, 3.63) is 181 Å². The second-order valence-corrected chi connectivity index (χ2v) is 12.6. The molecule has 0 heteroatoms. The molecule has 0 saturated heterocycles. The molecule has 0 bridgehead atoms. The van der Waals surface area contributed by atoms with E-state index in [4.69, 9.17) is 0 Å². The molecule has 0 saturated carbocycles. The van der Waals surface area contributed by atoms with Gasteiger partial charge in [0, 0.05) is 0 Å². The Morgan fingerprint density at radius 1 is 0.255 bits per heavy atom. The molecule has 0 radical (unpaired) electrons. The van der Waals surface area contributed by atoms with Gasteiger partial charge in [-0.15, -0.1) is 0 Å². The Morgan fingerprint density at radius 3 is 1.15 bits per heavy atom. The summed E-state index contributed by atoms with van der Waals surface area (Å²) < 4.78 is 0. The van der Waals surface area contributed by atoms with Crippen molar-refractivity contribution in [1.29, 1.82) is 0 Å². The van der Waals surface area contributed by atoms with Gasteiger partial charge < -0.3 is 0 Å². The van der Waals surface area contributed by atoms with Crippen molar-refractivity contribution in [2.24, 2.45) is 0 Å². The van der Waals surface area contributed by atoms with Crippen LogP contribution in [0.3, 0.4) is 0 Å². The van der Waals surface area contributed by atoms with Crippen LogP contribution in [0.15, 0.2) is 176 Å². The molecule has 0 N–H and O–H groups in total. The van der Waals surface area contributed by atoms with E-state index >= 15 is 0 Å². The molecule has 0 aliphatic carbocycles. The van der Waals surface area contributed by atoms with Gasteiger partial charge in [0.2, 0.25) is 0 Å². The molecule has 0 aliphatic rings. The normalized spacial score (nSPS) is 11.5. The summed E-state index contributed by atoms with van der Waals surface area (Å²) in [6.07, 6.45) is 0. The van der Waals surface area contributed by atoms with Crippen LogP contribution in [0.1, 0.15) is 5.56 Å². The first-order chi connectivity index (χ1) is 23.2. The van der Waals surface area contributed by atoms with E-state index in [9.17, 15) is 0 Å². The standard InChI is InChI=1S/C47H32/c1-31-14-27-44-45(28-31)47(37-23-17-35(18-24-37)41-26-20-33-9-3-5-11-39(33)30-41)43-13-7-6-12-42(43)46(44)36-21-15-34(16-22-36)40-25-19-32-8-2-4-10-38(32)29-40/h2-30H,1H3. The average Bonchev–Trinajstić information content (AvgIpc) is 3.13. The van der Waals surface area contributed by atoms with Gasteiger partial charge in [-0.1, -0.05) is 169 Å². The molecule has 0 atom stereocenters. The number of fused-ring (bicyclic) bond motifs is 4. The number of aryl methyl sites for hydroxylation is 1. The zero-order chi connectivity index (χ0) is 31.3. The lowest BCUT2D eigenvalue weighted by Gasteiger charge is -2.19. The number of benzene rings is 9. The van der Waals surface area contributed by atoms with Gasteiger partial charge in [-0.3, -0.25) is 0 Å². The van der Waals surface area contributed by atoms with Gasteiger partial charge in [-0.25, -0.2) is 0 Å². The van der Waals surface area contributed by atoms with Crippen molar-refractivity contribution >= 4 is 43.1 Å². The van der Waals surface area contributed by atoms with Crippen LogP contribution in [0.5, 0.6) is 0 Å². The molecule has 9 aromatic rings. The van der Waals surface area contributed by atoms with Crippen LogP contribution in [-0.4, -0.2) is 0 Å². The minimum Gasteiger partial charge on any atom is -0.0616 e. The lowest BCUT2D eigenvalue weighted by atomic mass is 9.85. The van der Waals surface area contributed by atoms with Crippen LogP contribution in [-0.2, 0) is 0 Å². The summed E-state index contributed by atoms with van der Waals surface area (Å²) in [6, 6.07) is 64.7. The smallest absolute Gasteiger partial charge is 0.00263 e. The lowest BCUT2D eigenvalue weighted by Crippen LogP contribution is -1.92. The van der Waals surface area contributed by atoms with Gasteiger partial charge in [0.1, 0.15) is 0 Å². The first kappa shape index (κ1) is 27.3. The molecular weight excluding hydrogens is 565 g/mol. The van der Waals surface area contributed by atoms with E-state index in [1.165, 1.54) is 93.2 Å². The van der Waals surface area contributed by atoms with Crippen LogP contribution in [0.4, 0.5) is 0 Å². The maximum absolute atomic E-state index is 2.36. The third-order valence-electron chi connectivity index (χ3n) is 9.69. The van der Waals surface area contributed by atoms with Gasteiger partial charge in [0.15, 0.2) is 0 Å². The van der Waals surface area contributed by atoms with Crippen LogP contribution >= 0.6 is 0 Å². The van der Waals surface area contributed by atoms with E-state index in [2.05, 4.69) is 183 Å². The first-order valence-corrected chi connectivity index (χ1v) is 16.3. The highest BCUT2D eigenvalue weighted by Crippen LogP contribution is 2.44. The Bertz CT molecular complexity index is 2600. The van der Waals surface area contributed by atoms with Crippen LogP contribution in [0.25, 0.3) is 87.6 Å². The SMILES string of the molecule is Cc1ccc2c(-c3ccc(-c4ccc5ccccc5c4)cc3)c3ccccc3c(-c3ccc(-c4ccc5ccccc5c4)cc3)c2c1. The zero-order valence-electron chi connectivity index (χ0n) is 26.2. The van der Waals surface area contributed by atoms with Gasteiger partial charge in [-0.05, 0) is 107 Å². The van der Waals surface area contributed by atoms with Crippen molar-refractivity contribution in [3.63, 3.8) is 0 Å². The highest BCUT2D eigenvalue weighted by Gasteiger charge is 2.17. The topological polar surface area (TPSA) is 0 Å². The van der Waals surface area contributed by atoms with Gasteiger partial charge in [0.25, 0.3) is 0 Å². The monoisotopic (exact) mass is 596 g/mol. The second-order valence-electron chi connectivity index (χ2n) is 12.6. The van der Waals surface area contributed by atoms with Gasteiger partial charge >= 0.3 is 0 Å². The predicted octanol–water partition coefficient (Wildman–Crippen LogP) is 13.3. The molecular formula is C47H32. The van der Waals surface area contributed by atoms with Crippen molar-refractivity contribution in [1.82, 2.24) is 0 Å². The summed E-state index contributed by atoms with van der Waals surface area (Å²) in [5.74, 6) is 0. The van der Waals surface area contributed by atoms with Crippen LogP contribution in [0.2, 0.25) is 0 Å². The van der Waals surface area contributed by atoms with Crippen LogP contribution in [0, 0.1) is 6.92 Å². The van der Waals surface area contributed by atoms with Gasteiger partial charge in [0.05, 0.1) is 0 Å². The summed E-state index contributed by atoms with van der Waals surface area (Å²) in [6.45, 7) is 2.19. The zero-order valence-corrected chi connectivity index (χ0v) is 26.2. The summed E-state index contributed by atoms with van der Waals surface area (Å²) in [7, 11) is 0. The Labute approximate surface area is 275 Å². The fraction of sp³-hybridized carbons (Fsp3) is 0.0213. The molecule has 0 nitrogen and oxygen atoms in total. The first-order valence-electron chi connectivity index (χ1n) is 16.3. The Hall–Kier alpha value is -5.98. The van der Waals surface area contributed by atoms with Gasteiger partial charge in [-0.2, -0.15) is 0 Å². The summed E-state index contributed by atoms with van der Waals surface area (Å²) in [4.78, 5) is 0. The molecule has 0 aliphatic heterocycles. The number of hydrogen-bond acceptors (Lipinski definition) is 0. The number of rotatable bonds is 4. The number of hydrogen-bond donors (Lipinski definition) is 0. The van der Waals surface area contributed by atoms with Crippen molar-refractivity contribution in [2.75, 3.05) is 0 Å². The molecule has 0 aromatic heterocycles. The lowest BCUT2D eigenvalue weighted by molar-refractivity contribution is 1.51. The third kappa shape index (κ3) is 4.78. The molecule has 9 aromatic carbocycles. The Morgan fingerprint density at radius 2 is 0.638 bits per heavy atom. The van der Waals surface area contributed by atoms with Crippen molar-refractivity contribution in [3.8, 4) is 44.5 Å². The molecule has 9 rings (SSSR count). The highest BCUT2D eigenvalue weighted by atomic mass is 14.2. The van der Waals surface area contributed by atoms with Crippen molar-refractivity contribution < 1.29 is 0 Å². The minimum absolute atomic E-state index is 1.23. The van der Waals surface area contributed by atoms with E-state index in [0.29, 0.717) is 0 Å². The van der Waals surface area contributed by atoms with Crippen molar-refractivity contribution in [2.45, 2.75) is 6.92 Å². The molecule has 47 heavy (non-hydrogen) atoms. The summed E-state index contributed by atoms with van der Waals surface area (Å²) in [5, 5.41) is 10.2. The molecule has 0 spiro atoms. The predicted molar refractivity (Wildman–Crippen MR) is 203 cm³/mol. The molecule has 220 valence electrons. The van der Waals surface area contributed by atoms with E-state index in [-0.39, 0.29) is 0 Å². The molecule has 0 amide bonds. The highest BCUT2D eigenvalue weighted by molar-refractivity contribution is 6.21. The fourth-order valence-electron chi connectivity index (χ4n) is 7.31. The molecule has 0 unspecified atom stereocenters. The Balaban J connectivity index is 1.18. The molecule has 0 heterocycles. The van der Waals surface area contributed by atoms with E-state index < -0.39 is 0 Å². The minimum atomic E-state index is 1.23.